The summed E-state index contributed by atoms with van der Waals surface area (Å²) in [6.45, 7) is -0.355. The molecular formula is C15H21N3O5. The second-order valence-electron chi connectivity index (χ2n) is 4.70. The van der Waals surface area contributed by atoms with E-state index in [4.69, 9.17) is 9.84 Å². The maximum Gasteiger partial charge on any atom is 0.340 e. The third-order valence-corrected chi connectivity index (χ3v) is 2.99. The number of carbonyl (C=O) groups excluding carboxylic acids is 3. The van der Waals surface area contributed by atoms with Crippen LogP contribution in [0.5, 0.6) is 0 Å². The number of hydrogen-bond donors (Lipinski definition) is 3. The molecule has 0 unspecified atom stereocenters. The van der Waals surface area contributed by atoms with Crippen LogP contribution in [0.2, 0.25) is 0 Å². The number of aliphatic hydroxyl groups excluding tert-OH is 1. The molecule has 0 aliphatic carbocycles. The Morgan fingerprint density at radius 2 is 1.96 bits per heavy atom. The lowest BCUT2D eigenvalue weighted by atomic mass is 10.2. The van der Waals surface area contributed by atoms with Gasteiger partial charge in [-0.05, 0) is 12.1 Å². The van der Waals surface area contributed by atoms with E-state index in [2.05, 4.69) is 10.6 Å². The fraction of sp³-hybridized carbons (Fsp3) is 0.400. The van der Waals surface area contributed by atoms with Gasteiger partial charge in [0.05, 0.1) is 18.7 Å². The molecule has 3 N–H and O–H groups in total. The van der Waals surface area contributed by atoms with Crippen molar-refractivity contribution < 1.29 is 24.2 Å². The Bertz CT molecular complexity index is 562. The molecule has 0 radical (unpaired) electrons. The highest BCUT2D eigenvalue weighted by Gasteiger charge is 2.17. The topological polar surface area (TPSA) is 108 Å². The Balaban J connectivity index is 2.60. The van der Waals surface area contributed by atoms with Crippen LogP contribution in [-0.2, 0) is 14.3 Å². The first-order chi connectivity index (χ1) is 11.0. The number of esters is 1. The molecule has 0 saturated carbocycles. The lowest BCUT2D eigenvalue weighted by Gasteiger charge is -2.16. The van der Waals surface area contributed by atoms with Gasteiger partial charge in [0.15, 0.2) is 6.61 Å². The summed E-state index contributed by atoms with van der Waals surface area (Å²) in [5.41, 5.74) is 0.778. The summed E-state index contributed by atoms with van der Waals surface area (Å²) in [6.07, 6.45) is 0. The summed E-state index contributed by atoms with van der Waals surface area (Å²) >= 11 is 0. The quantitative estimate of drug-likeness (QED) is 0.554. The van der Waals surface area contributed by atoms with Crippen LogP contribution in [0.3, 0.4) is 0 Å². The monoisotopic (exact) mass is 323 g/mol. The van der Waals surface area contributed by atoms with Crippen molar-refractivity contribution in [1.29, 1.82) is 0 Å². The predicted octanol–water partition coefficient (Wildman–Crippen LogP) is -0.548. The van der Waals surface area contributed by atoms with Gasteiger partial charge < -0.3 is 25.4 Å². The Morgan fingerprint density at radius 3 is 2.61 bits per heavy atom. The number of para-hydroxylation sites is 1. The van der Waals surface area contributed by atoms with Gasteiger partial charge in [-0.1, -0.05) is 12.1 Å². The average molecular weight is 323 g/mol. The van der Waals surface area contributed by atoms with Gasteiger partial charge in [-0.25, -0.2) is 4.79 Å². The van der Waals surface area contributed by atoms with Gasteiger partial charge in [-0.15, -0.1) is 0 Å². The zero-order valence-electron chi connectivity index (χ0n) is 13.2. The van der Waals surface area contributed by atoms with Crippen molar-refractivity contribution in [2.75, 3.05) is 45.7 Å². The first-order valence-electron chi connectivity index (χ1n) is 7.05. The maximum atomic E-state index is 12.1. The second-order valence-corrected chi connectivity index (χ2v) is 4.70. The Kier molecular flexibility index (Phi) is 7.55. The summed E-state index contributed by atoms with van der Waals surface area (Å²) in [5, 5.41) is 14.1. The average Bonchev–Trinajstić information content (AvgIpc) is 2.57. The third kappa shape index (κ3) is 5.95. The minimum absolute atomic E-state index is 0.0772. The van der Waals surface area contributed by atoms with Crippen LogP contribution in [-0.4, -0.2) is 68.2 Å². The molecule has 0 atom stereocenters. The first-order valence-corrected chi connectivity index (χ1v) is 7.05. The lowest BCUT2D eigenvalue weighted by Crippen LogP contribution is -2.39. The summed E-state index contributed by atoms with van der Waals surface area (Å²) in [4.78, 5) is 36.2. The number of hydrogen-bond acceptors (Lipinski definition) is 6. The van der Waals surface area contributed by atoms with Crippen molar-refractivity contribution >= 4 is 23.5 Å². The van der Waals surface area contributed by atoms with E-state index in [0.717, 1.165) is 0 Å². The number of carbonyl (C=O) groups is 3. The van der Waals surface area contributed by atoms with Crippen LogP contribution in [0, 0.1) is 0 Å². The van der Waals surface area contributed by atoms with Gasteiger partial charge in [-0.3, -0.25) is 9.59 Å². The number of nitrogens with zero attached hydrogens (tertiary/aromatic N) is 1. The highest BCUT2D eigenvalue weighted by Crippen LogP contribution is 2.15. The molecule has 0 saturated heterocycles. The van der Waals surface area contributed by atoms with Crippen molar-refractivity contribution in [3.05, 3.63) is 29.8 Å². The molecule has 0 bridgehead atoms. The molecule has 1 aromatic carbocycles. The summed E-state index contributed by atoms with van der Waals surface area (Å²) in [5.74, 6) is -1.46. The maximum absolute atomic E-state index is 12.1. The zero-order valence-corrected chi connectivity index (χ0v) is 13.2. The molecule has 1 rings (SSSR count). The number of likely N-dealkylation sites (N-methyl/N-ethyl adjacent to an activating group) is 2. The standard InChI is InChI=1S/C15H21N3O5/c1-16-13(20)9-18(2)14(21)10-23-15(22)11-5-3-4-6-12(11)17-7-8-19/h3-6,17,19H,7-10H2,1-2H3,(H,16,20). The van der Waals surface area contributed by atoms with E-state index in [9.17, 15) is 14.4 Å². The number of ether oxygens (including phenoxy) is 1. The molecular weight excluding hydrogens is 302 g/mol. The van der Waals surface area contributed by atoms with E-state index in [1.807, 2.05) is 0 Å². The van der Waals surface area contributed by atoms with Crippen molar-refractivity contribution in [2.24, 2.45) is 0 Å². The van der Waals surface area contributed by atoms with Gasteiger partial charge in [-0.2, -0.15) is 0 Å². The van der Waals surface area contributed by atoms with Gasteiger partial charge in [0, 0.05) is 26.3 Å². The molecule has 0 aromatic heterocycles. The Hall–Kier alpha value is -2.61. The molecule has 8 nitrogen and oxygen atoms in total. The van der Waals surface area contributed by atoms with Crippen LogP contribution in [0.4, 0.5) is 5.69 Å². The van der Waals surface area contributed by atoms with Crippen LogP contribution >= 0.6 is 0 Å². The predicted molar refractivity (Wildman–Crippen MR) is 84.0 cm³/mol. The fourth-order valence-electron chi connectivity index (χ4n) is 1.70. The van der Waals surface area contributed by atoms with E-state index >= 15 is 0 Å². The van der Waals surface area contributed by atoms with Crippen LogP contribution in [0.1, 0.15) is 10.4 Å². The molecule has 0 aliphatic rings. The van der Waals surface area contributed by atoms with Gasteiger partial charge in [0.25, 0.3) is 5.91 Å². The van der Waals surface area contributed by atoms with E-state index in [1.54, 1.807) is 24.3 Å². The zero-order chi connectivity index (χ0) is 17.2. The molecule has 0 aliphatic heterocycles. The Labute approximate surface area is 134 Å². The van der Waals surface area contributed by atoms with Crippen molar-refractivity contribution in [2.45, 2.75) is 0 Å². The first kappa shape index (κ1) is 18.4. The molecule has 8 heteroatoms. The molecule has 126 valence electrons. The van der Waals surface area contributed by atoms with E-state index in [0.29, 0.717) is 5.69 Å². The normalized spacial score (nSPS) is 9.87. The van der Waals surface area contributed by atoms with Crippen molar-refractivity contribution in [3.8, 4) is 0 Å². The van der Waals surface area contributed by atoms with Gasteiger partial charge in [0.2, 0.25) is 5.91 Å². The molecule has 23 heavy (non-hydrogen) atoms. The number of amides is 2. The second kappa shape index (κ2) is 9.42. The fourth-order valence-corrected chi connectivity index (χ4v) is 1.70. The lowest BCUT2D eigenvalue weighted by molar-refractivity contribution is -0.137. The van der Waals surface area contributed by atoms with E-state index in [-0.39, 0.29) is 31.2 Å². The number of aliphatic hydroxyl groups is 1. The van der Waals surface area contributed by atoms with Crippen LogP contribution < -0.4 is 10.6 Å². The van der Waals surface area contributed by atoms with Crippen molar-refractivity contribution in [3.63, 3.8) is 0 Å². The highest BCUT2D eigenvalue weighted by molar-refractivity contribution is 5.97. The van der Waals surface area contributed by atoms with Gasteiger partial charge >= 0.3 is 5.97 Å². The number of benzene rings is 1. The Morgan fingerprint density at radius 1 is 1.26 bits per heavy atom. The number of rotatable bonds is 8. The molecule has 2 amide bonds. The molecule has 0 heterocycles. The summed E-state index contributed by atoms with van der Waals surface area (Å²) in [6, 6.07) is 6.63. The largest absolute Gasteiger partial charge is 0.452 e. The molecule has 0 fully saturated rings. The third-order valence-electron chi connectivity index (χ3n) is 2.99. The van der Waals surface area contributed by atoms with E-state index in [1.165, 1.54) is 19.0 Å². The summed E-state index contributed by atoms with van der Waals surface area (Å²) in [7, 11) is 2.92. The van der Waals surface area contributed by atoms with Gasteiger partial charge in [0.1, 0.15) is 0 Å². The number of anilines is 1. The molecule has 0 spiro atoms. The van der Waals surface area contributed by atoms with Crippen molar-refractivity contribution in [1.82, 2.24) is 10.2 Å². The number of nitrogens with one attached hydrogen (secondary N) is 2. The van der Waals surface area contributed by atoms with Crippen LogP contribution in [0.15, 0.2) is 24.3 Å². The van der Waals surface area contributed by atoms with E-state index < -0.39 is 18.5 Å². The minimum atomic E-state index is -0.660. The minimum Gasteiger partial charge on any atom is -0.452 e. The summed E-state index contributed by atoms with van der Waals surface area (Å²) < 4.78 is 4.98. The molecule has 1 aromatic rings. The SMILES string of the molecule is CNC(=O)CN(C)C(=O)COC(=O)c1ccccc1NCCO. The highest BCUT2D eigenvalue weighted by atomic mass is 16.5. The van der Waals surface area contributed by atoms with Crippen LogP contribution in [0.25, 0.3) is 0 Å². The smallest absolute Gasteiger partial charge is 0.340 e.